The monoisotopic (exact) mass is 535 g/mol. The van der Waals surface area contributed by atoms with E-state index in [0.29, 0.717) is 32.6 Å². The second-order valence-corrected chi connectivity index (χ2v) is 8.01. The van der Waals surface area contributed by atoms with Crippen LogP contribution in [0, 0.1) is 21.4 Å². The molecule has 176 valence electrons. The topological polar surface area (TPSA) is 132 Å². The van der Waals surface area contributed by atoms with Crippen molar-refractivity contribution >= 4 is 45.3 Å². The van der Waals surface area contributed by atoms with Crippen LogP contribution in [0.25, 0.3) is 6.08 Å². The Balaban J connectivity index is 1.80. The van der Waals surface area contributed by atoms with Crippen LogP contribution in [0.1, 0.15) is 21.5 Å². The van der Waals surface area contributed by atoms with Crippen LogP contribution >= 0.6 is 15.9 Å². The van der Waals surface area contributed by atoms with E-state index in [1.165, 1.54) is 49.6 Å². The van der Waals surface area contributed by atoms with Crippen LogP contribution in [-0.4, -0.2) is 23.9 Å². The molecule has 0 saturated carbocycles. The molecule has 9 nitrogen and oxygen atoms in total. The van der Waals surface area contributed by atoms with Gasteiger partial charge in [0.1, 0.15) is 24.0 Å². The van der Waals surface area contributed by atoms with Crippen molar-refractivity contribution < 1.29 is 24.0 Å². The number of benzene rings is 3. The highest BCUT2D eigenvalue weighted by Gasteiger charge is 2.13. The highest BCUT2D eigenvalue weighted by molar-refractivity contribution is 9.10. The van der Waals surface area contributed by atoms with Crippen LogP contribution in [0.15, 0.2) is 76.8 Å². The van der Waals surface area contributed by atoms with E-state index in [2.05, 4.69) is 26.0 Å². The van der Waals surface area contributed by atoms with Gasteiger partial charge in [-0.2, -0.15) is 5.26 Å². The molecule has 1 amide bonds. The quantitative estimate of drug-likeness (QED) is 0.136. The Hall–Kier alpha value is -4.49. The number of halogens is 1. The fourth-order valence-electron chi connectivity index (χ4n) is 2.99. The summed E-state index contributed by atoms with van der Waals surface area (Å²) in [4.78, 5) is 34.7. The predicted octanol–water partition coefficient (Wildman–Crippen LogP) is 5.27. The first-order chi connectivity index (χ1) is 16.8. The summed E-state index contributed by atoms with van der Waals surface area (Å²) >= 11 is 3.36. The van der Waals surface area contributed by atoms with Gasteiger partial charge >= 0.3 is 5.97 Å². The molecule has 0 unspecified atom stereocenters. The van der Waals surface area contributed by atoms with Crippen molar-refractivity contribution in [3.8, 4) is 11.8 Å². The Bertz CT molecular complexity index is 1350. The van der Waals surface area contributed by atoms with Gasteiger partial charge in [-0.25, -0.2) is 4.79 Å². The summed E-state index contributed by atoms with van der Waals surface area (Å²) in [6.07, 6.45) is 1.38. The number of nitro groups is 1. The Morgan fingerprint density at radius 1 is 1.14 bits per heavy atom. The minimum atomic E-state index is -0.650. The van der Waals surface area contributed by atoms with Crippen molar-refractivity contribution in [1.82, 2.24) is 0 Å². The van der Waals surface area contributed by atoms with Crippen LogP contribution in [0.5, 0.6) is 5.75 Å². The number of esters is 1. The standard InChI is InChI=1S/C25H18BrN3O6/c1-34-25(31)17-5-8-21(9-6-17)28-24(30)19(14-27)12-18-13-20(26)7-10-23(18)35-15-16-3-2-4-22(11-16)29(32)33/h2-13H,15H2,1H3,(H,28,30)/b19-12+. The van der Waals surface area contributed by atoms with Gasteiger partial charge in [0.15, 0.2) is 0 Å². The number of nitriles is 1. The molecule has 0 aliphatic carbocycles. The van der Waals surface area contributed by atoms with E-state index in [-0.39, 0.29) is 17.9 Å². The lowest BCUT2D eigenvalue weighted by atomic mass is 10.1. The van der Waals surface area contributed by atoms with Gasteiger partial charge in [0, 0.05) is 27.9 Å². The summed E-state index contributed by atoms with van der Waals surface area (Å²) in [5.74, 6) is -0.779. The number of hydrogen-bond acceptors (Lipinski definition) is 7. The van der Waals surface area contributed by atoms with Gasteiger partial charge in [-0.1, -0.05) is 28.1 Å². The van der Waals surface area contributed by atoms with Crippen molar-refractivity contribution in [1.29, 1.82) is 5.26 Å². The molecule has 10 heteroatoms. The number of nitrogens with one attached hydrogen (secondary N) is 1. The van der Waals surface area contributed by atoms with Gasteiger partial charge in [-0.05, 0) is 54.1 Å². The second-order valence-electron chi connectivity index (χ2n) is 7.09. The van der Waals surface area contributed by atoms with E-state index in [1.54, 1.807) is 30.3 Å². The summed E-state index contributed by atoms with van der Waals surface area (Å²) < 4.78 is 11.2. The third-order valence-electron chi connectivity index (χ3n) is 4.72. The summed E-state index contributed by atoms with van der Waals surface area (Å²) in [5.41, 5.74) is 1.52. The Labute approximate surface area is 208 Å². The third kappa shape index (κ3) is 6.75. The number of nitro benzene ring substituents is 1. The predicted molar refractivity (Wildman–Crippen MR) is 132 cm³/mol. The average Bonchev–Trinajstić information content (AvgIpc) is 2.86. The molecule has 0 atom stereocenters. The number of amides is 1. The molecule has 0 aromatic heterocycles. The molecule has 35 heavy (non-hydrogen) atoms. The van der Waals surface area contributed by atoms with Gasteiger partial charge in [0.2, 0.25) is 0 Å². The molecule has 0 aliphatic rings. The highest BCUT2D eigenvalue weighted by atomic mass is 79.9. The number of hydrogen-bond donors (Lipinski definition) is 1. The summed E-state index contributed by atoms with van der Waals surface area (Å²) in [5, 5.41) is 23.2. The lowest BCUT2D eigenvalue weighted by molar-refractivity contribution is -0.384. The summed E-state index contributed by atoms with van der Waals surface area (Å²) in [6.45, 7) is 0.0464. The molecule has 3 aromatic rings. The van der Waals surface area contributed by atoms with E-state index in [9.17, 15) is 25.0 Å². The van der Waals surface area contributed by atoms with Crippen molar-refractivity contribution in [2.75, 3.05) is 12.4 Å². The van der Waals surface area contributed by atoms with Crippen LogP contribution in [0.4, 0.5) is 11.4 Å². The van der Waals surface area contributed by atoms with Gasteiger partial charge in [0.05, 0.1) is 17.6 Å². The molecule has 0 heterocycles. The zero-order chi connectivity index (χ0) is 25.4. The fraction of sp³-hybridized carbons (Fsp3) is 0.0800. The largest absolute Gasteiger partial charge is 0.488 e. The number of nitrogens with zero attached hydrogens (tertiary/aromatic N) is 2. The Morgan fingerprint density at radius 3 is 2.54 bits per heavy atom. The maximum Gasteiger partial charge on any atom is 0.337 e. The van der Waals surface area contributed by atoms with Gasteiger partial charge in [0.25, 0.3) is 11.6 Å². The van der Waals surface area contributed by atoms with Crippen LogP contribution in [0.2, 0.25) is 0 Å². The van der Waals surface area contributed by atoms with E-state index in [4.69, 9.17) is 4.74 Å². The molecule has 1 N–H and O–H groups in total. The first-order valence-corrected chi connectivity index (χ1v) is 10.9. The fourth-order valence-corrected chi connectivity index (χ4v) is 3.37. The van der Waals surface area contributed by atoms with Gasteiger partial charge in [-0.3, -0.25) is 14.9 Å². The van der Waals surface area contributed by atoms with E-state index < -0.39 is 16.8 Å². The summed E-state index contributed by atoms with van der Waals surface area (Å²) in [6, 6.07) is 19.0. The number of carbonyl (C=O) groups excluding carboxylic acids is 2. The molecule has 0 radical (unpaired) electrons. The van der Waals surface area contributed by atoms with E-state index in [1.807, 2.05) is 6.07 Å². The molecule has 3 aromatic carbocycles. The van der Waals surface area contributed by atoms with E-state index in [0.717, 1.165) is 0 Å². The average molecular weight is 536 g/mol. The molecule has 0 aliphatic heterocycles. The highest BCUT2D eigenvalue weighted by Crippen LogP contribution is 2.27. The minimum absolute atomic E-state index is 0.0464. The number of rotatable bonds is 8. The van der Waals surface area contributed by atoms with Crippen LogP contribution in [-0.2, 0) is 16.1 Å². The number of non-ortho nitro benzene ring substituents is 1. The summed E-state index contributed by atoms with van der Waals surface area (Å²) in [7, 11) is 1.27. The molecule has 0 fully saturated rings. The Morgan fingerprint density at radius 2 is 1.89 bits per heavy atom. The number of carbonyl (C=O) groups is 2. The smallest absolute Gasteiger partial charge is 0.337 e. The van der Waals surface area contributed by atoms with Gasteiger partial charge in [-0.15, -0.1) is 0 Å². The number of methoxy groups -OCH3 is 1. The zero-order valence-corrected chi connectivity index (χ0v) is 19.9. The molecule has 0 spiro atoms. The first-order valence-electron chi connectivity index (χ1n) is 10.1. The molecule has 0 saturated heterocycles. The van der Waals surface area contributed by atoms with Crippen molar-refractivity contribution in [2.45, 2.75) is 6.61 Å². The van der Waals surface area contributed by atoms with Crippen molar-refractivity contribution in [3.05, 3.63) is 104 Å². The van der Waals surface area contributed by atoms with Gasteiger partial charge < -0.3 is 14.8 Å². The maximum absolute atomic E-state index is 12.7. The lowest BCUT2D eigenvalue weighted by Gasteiger charge is -2.11. The van der Waals surface area contributed by atoms with Crippen LogP contribution in [0.3, 0.4) is 0 Å². The minimum Gasteiger partial charge on any atom is -0.488 e. The first kappa shape index (κ1) is 25.1. The SMILES string of the molecule is COC(=O)c1ccc(NC(=O)/C(C#N)=C/c2cc(Br)ccc2OCc2cccc([N+](=O)[O-])c2)cc1. The number of ether oxygens (including phenoxy) is 2. The molecular formula is C25H18BrN3O6. The van der Waals surface area contributed by atoms with Crippen molar-refractivity contribution in [2.24, 2.45) is 0 Å². The molecule has 0 bridgehead atoms. The third-order valence-corrected chi connectivity index (χ3v) is 5.21. The Kier molecular flexibility index (Phi) is 8.32. The maximum atomic E-state index is 12.7. The van der Waals surface area contributed by atoms with E-state index >= 15 is 0 Å². The molecule has 3 rings (SSSR count). The zero-order valence-electron chi connectivity index (χ0n) is 18.4. The second kappa shape index (κ2) is 11.6. The van der Waals surface area contributed by atoms with Crippen molar-refractivity contribution in [3.63, 3.8) is 0 Å². The molecular weight excluding hydrogens is 518 g/mol. The normalized spacial score (nSPS) is 10.7. The van der Waals surface area contributed by atoms with Crippen LogP contribution < -0.4 is 10.1 Å². The lowest BCUT2D eigenvalue weighted by Crippen LogP contribution is -2.13. The number of anilines is 1.